The van der Waals surface area contributed by atoms with Crippen LogP contribution in [0.5, 0.6) is 0 Å². The molecule has 3 rings (SSSR count). The second kappa shape index (κ2) is 7.21. The summed E-state index contributed by atoms with van der Waals surface area (Å²) in [5.74, 6) is 0. The van der Waals surface area contributed by atoms with Crippen LogP contribution in [0.4, 0.5) is 11.4 Å². The lowest BCUT2D eigenvalue weighted by Gasteiger charge is -2.15. The molecule has 6 heteroatoms. The van der Waals surface area contributed by atoms with Crippen molar-refractivity contribution in [1.29, 1.82) is 0 Å². The van der Waals surface area contributed by atoms with Gasteiger partial charge >= 0.3 is 0 Å². The van der Waals surface area contributed by atoms with Crippen molar-refractivity contribution < 1.29 is 17.5 Å². The predicted octanol–water partition coefficient (Wildman–Crippen LogP) is 4.29. The molecule has 0 atom stereocenters. The van der Waals surface area contributed by atoms with Gasteiger partial charge in [0.15, 0.2) is 5.71 Å². The zero-order valence-corrected chi connectivity index (χ0v) is 16.4. The molecule has 2 aromatic rings. The number of hydrogen-bond acceptors (Lipinski definition) is 3. The fourth-order valence-corrected chi connectivity index (χ4v) is 3.90. The minimum absolute atomic E-state index is 0.0806. The molecule has 0 bridgehead atoms. The van der Waals surface area contributed by atoms with Gasteiger partial charge in [0.1, 0.15) is 7.05 Å². The molecule has 0 saturated carbocycles. The van der Waals surface area contributed by atoms with E-state index in [1.807, 2.05) is 74.2 Å². The maximum atomic E-state index is 11.5. The van der Waals surface area contributed by atoms with Crippen molar-refractivity contribution >= 4 is 33.4 Å². The summed E-state index contributed by atoms with van der Waals surface area (Å²) in [5, 5.41) is 0. The number of benzene rings is 2. The van der Waals surface area contributed by atoms with Crippen LogP contribution in [0.15, 0.2) is 70.6 Å². The third-order valence-corrected chi connectivity index (χ3v) is 5.67. The largest absolute Gasteiger partial charge is 0.294 e. The fourth-order valence-electron chi connectivity index (χ4n) is 3.39. The SMILES string of the molecule is C[N+]1=C(C=CCC=Nc2ccccc2)C(C)(C)c2cc(S(=O)(=O)O)ccc21. The first kappa shape index (κ1) is 19.2. The Hall–Kier alpha value is -2.57. The van der Waals surface area contributed by atoms with Crippen molar-refractivity contribution in [3.63, 3.8) is 0 Å². The first-order valence-electron chi connectivity index (χ1n) is 8.68. The summed E-state index contributed by atoms with van der Waals surface area (Å²) >= 11 is 0. The summed E-state index contributed by atoms with van der Waals surface area (Å²) < 4.78 is 34.3. The van der Waals surface area contributed by atoms with E-state index in [-0.39, 0.29) is 10.3 Å². The van der Waals surface area contributed by atoms with Crippen molar-refractivity contribution in [2.75, 3.05) is 7.05 Å². The van der Waals surface area contributed by atoms with Gasteiger partial charge in [-0.2, -0.15) is 13.0 Å². The molecule has 0 spiro atoms. The van der Waals surface area contributed by atoms with Gasteiger partial charge in [0.25, 0.3) is 10.1 Å². The molecule has 0 saturated heterocycles. The molecule has 1 N–H and O–H groups in total. The normalized spacial score (nSPS) is 16.4. The third-order valence-electron chi connectivity index (χ3n) is 4.82. The quantitative estimate of drug-likeness (QED) is 0.476. The highest BCUT2D eigenvalue weighted by Gasteiger charge is 2.43. The Morgan fingerprint density at radius 2 is 1.85 bits per heavy atom. The van der Waals surface area contributed by atoms with E-state index in [2.05, 4.69) is 4.99 Å². The number of fused-ring (bicyclic) bond motifs is 1. The molecule has 0 fully saturated rings. The van der Waals surface area contributed by atoms with Crippen molar-refractivity contribution in [3.05, 3.63) is 66.2 Å². The van der Waals surface area contributed by atoms with E-state index in [9.17, 15) is 13.0 Å². The Bertz CT molecular complexity index is 1050. The monoisotopic (exact) mass is 383 g/mol. The summed E-state index contributed by atoms with van der Waals surface area (Å²) in [6.07, 6.45) is 6.63. The molecular weight excluding hydrogens is 360 g/mol. The van der Waals surface area contributed by atoms with Gasteiger partial charge in [-0.25, -0.2) is 0 Å². The van der Waals surface area contributed by atoms with Gasteiger partial charge in [-0.3, -0.25) is 9.55 Å². The van der Waals surface area contributed by atoms with Crippen LogP contribution < -0.4 is 0 Å². The molecule has 1 aliphatic rings. The van der Waals surface area contributed by atoms with Crippen LogP contribution in [0.2, 0.25) is 0 Å². The summed E-state index contributed by atoms with van der Waals surface area (Å²) in [6, 6.07) is 14.5. The van der Waals surface area contributed by atoms with E-state index in [1.54, 1.807) is 12.1 Å². The molecule has 1 heterocycles. The Kier molecular flexibility index (Phi) is 5.13. The van der Waals surface area contributed by atoms with E-state index in [0.29, 0.717) is 6.42 Å². The van der Waals surface area contributed by atoms with Gasteiger partial charge in [0, 0.05) is 30.3 Å². The highest BCUT2D eigenvalue weighted by Crippen LogP contribution is 2.40. The molecule has 0 aromatic heterocycles. The van der Waals surface area contributed by atoms with E-state index in [4.69, 9.17) is 0 Å². The predicted molar refractivity (Wildman–Crippen MR) is 108 cm³/mol. The Labute approximate surface area is 160 Å². The second-order valence-corrected chi connectivity index (χ2v) is 8.43. The minimum Gasteiger partial charge on any atom is -0.282 e. The Morgan fingerprint density at radius 1 is 1.15 bits per heavy atom. The molecule has 0 amide bonds. The van der Waals surface area contributed by atoms with Gasteiger partial charge in [-0.1, -0.05) is 24.3 Å². The average Bonchev–Trinajstić information content (AvgIpc) is 2.81. The summed E-state index contributed by atoms with van der Waals surface area (Å²) in [4.78, 5) is 4.33. The van der Waals surface area contributed by atoms with Gasteiger partial charge < -0.3 is 0 Å². The van der Waals surface area contributed by atoms with Crippen molar-refractivity contribution in [2.24, 2.45) is 4.99 Å². The van der Waals surface area contributed by atoms with Gasteiger partial charge in [-0.05, 0) is 38.1 Å². The number of allylic oxidation sites excluding steroid dienone is 2. The summed E-state index contributed by atoms with van der Waals surface area (Å²) in [7, 11) is -2.27. The number of nitrogens with zero attached hydrogens (tertiary/aromatic N) is 2. The summed E-state index contributed by atoms with van der Waals surface area (Å²) in [6.45, 7) is 4.08. The van der Waals surface area contributed by atoms with Crippen LogP contribution in [0, 0.1) is 0 Å². The minimum atomic E-state index is -4.22. The van der Waals surface area contributed by atoms with Gasteiger partial charge in [0.05, 0.1) is 16.0 Å². The standard InChI is InChI=1S/C21H22N2O3S/c1-21(2)18-15-17(27(24,25)26)12-13-19(18)23(3)20(21)11-7-8-14-22-16-9-5-4-6-10-16/h4-7,9-15H,8H2,1-3H3/p+1. The van der Waals surface area contributed by atoms with E-state index < -0.39 is 10.1 Å². The first-order valence-corrected chi connectivity index (χ1v) is 10.1. The highest BCUT2D eigenvalue weighted by atomic mass is 32.2. The van der Waals surface area contributed by atoms with Crippen LogP contribution in [0.25, 0.3) is 0 Å². The molecule has 27 heavy (non-hydrogen) atoms. The zero-order valence-electron chi connectivity index (χ0n) is 15.6. The van der Waals surface area contributed by atoms with Crippen molar-refractivity contribution in [3.8, 4) is 0 Å². The maximum absolute atomic E-state index is 11.5. The molecule has 0 radical (unpaired) electrons. The molecule has 1 aliphatic heterocycles. The fraction of sp³-hybridized carbons (Fsp3) is 0.238. The lowest BCUT2D eigenvalue weighted by molar-refractivity contribution is -0.401. The average molecular weight is 383 g/mol. The smallest absolute Gasteiger partial charge is 0.282 e. The van der Waals surface area contributed by atoms with Crippen LogP contribution in [-0.4, -0.2) is 36.5 Å². The van der Waals surface area contributed by atoms with Crippen LogP contribution in [0.3, 0.4) is 0 Å². The van der Waals surface area contributed by atoms with E-state index >= 15 is 0 Å². The van der Waals surface area contributed by atoms with Crippen molar-refractivity contribution in [2.45, 2.75) is 30.6 Å². The molecular formula is C21H23N2O3S+. The van der Waals surface area contributed by atoms with Gasteiger partial charge in [0.2, 0.25) is 5.69 Å². The van der Waals surface area contributed by atoms with Crippen molar-refractivity contribution in [1.82, 2.24) is 0 Å². The number of rotatable bonds is 5. The lowest BCUT2D eigenvalue weighted by atomic mass is 9.81. The third kappa shape index (κ3) is 3.91. The van der Waals surface area contributed by atoms with Crippen LogP contribution in [-0.2, 0) is 15.5 Å². The Morgan fingerprint density at radius 3 is 2.52 bits per heavy atom. The van der Waals surface area contributed by atoms with Gasteiger partial charge in [-0.15, -0.1) is 0 Å². The summed E-state index contributed by atoms with van der Waals surface area (Å²) in [5.41, 5.74) is 3.40. The first-order chi connectivity index (χ1) is 12.7. The molecule has 0 aliphatic carbocycles. The van der Waals surface area contributed by atoms with Crippen LogP contribution >= 0.6 is 0 Å². The number of hydrogen-bond donors (Lipinski definition) is 1. The number of para-hydroxylation sites is 1. The van der Waals surface area contributed by atoms with E-state index in [0.717, 1.165) is 22.6 Å². The maximum Gasteiger partial charge on any atom is 0.294 e. The molecule has 5 nitrogen and oxygen atoms in total. The van der Waals surface area contributed by atoms with Crippen LogP contribution in [0.1, 0.15) is 25.8 Å². The topological polar surface area (TPSA) is 69.7 Å². The highest BCUT2D eigenvalue weighted by molar-refractivity contribution is 7.85. The second-order valence-electron chi connectivity index (χ2n) is 7.01. The zero-order chi connectivity index (χ0) is 19.7. The molecule has 0 unspecified atom stereocenters. The number of aliphatic imine (C=N–C) groups is 1. The lowest BCUT2D eigenvalue weighted by Crippen LogP contribution is -2.26. The molecule has 140 valence electrons. The Balaban J connectivity index is 1.82. The molecule has 2 aromatic carbocycles. The van der Waals surface area contributed by atoms with E-state index in [1.165, 1.54) is 6.07 Å².